The molecule has 128 valence electrons. The monoisotopic (exact) mass is 340 g/mol. The Morgan fingerprint density at radius 3 is 2.52 bits per heavy atom. The minimum Gasteiger partial charge on any atom is -0.490 e. The highest BCUT2D eigenvalue weighted by molar-refractivity contribution is 5.92. The van der Waals surface area contributed by atoms with E-state index < -0.39 is 11.8 Å². The molecule has 0 aliphatic carbocycles. The Morgan fingerprint density at radius 1 is 1.12 bits per heavy atom. The van der Waals surface area contributed by atoms with E-state index in [-0.39, 0.29) is 11.3 Å². The lowest BCUT2D eigenvalue weighted by Crippen LogP contribution is -2.11. The van der Waals surface area contributed by atoms with E-state index in [2.05, 4.69) is 5.10 Å². The van der Waals surface area contributed by atoms with Crippen LogP contribution in [-0.4, -0.2) is 22.4 Å². The number of para-hydroxylation sites is 3. The molecular weight excluding hydrogens is 323 g/mol. The summed E-state index contributed by atoms with van der Waals surface area (Å²) in [6.07, 6.45) is 1.37. The van der Waals surface area contributed by atoms with Crippen molar-refractivity contribution in [3.05, 3.63) is 71.8 Å². The highest BCUT2D eigenvalue weighted by Gasteiger charge is 2.19. The van der Waals surface area contributed by atoms with Crippen molar-refractivity contribution in [1.29, 1.82) is 0 Å². The van der Waals surface area contributed by atoms with Gasteiger partial charge in [0, 0.05) is 0 Å². The van der Waals surface area contributed by atoms with Crippen molar-refractivity contribution in [1.82, 2.24) is 9.78 Å². The maximum Gasteiger partial charge on any atom is 0.347 e. The number of carbonyl (C=O) groups is 1. The van der Waals surface area contributed by atoms with Crippen LogP contribution in [0.25, 0.3) is 5.69 Å². The average molecular weight is 340 g/mol. The summed E-state index contributed by atoms with van der Waals surface area (Å²) in [6.45, 7) is 3.99. The van der Waals surface area contributed by atoms with Crippen molar-refractivity contribution < 1.29 is 18.7 Å². The van der Waals surface area contributed by atoms with Gasteiger partial charge in [-0.05, 0) is 38.1 Å². The first-order chi connectivity index (χ1) is 12.1. The quantitative estimate of drug-likeness (QED) is 0.521. The molecule has 0 saturated heterocycles. The molecule has 0 unspecified atom stereocenters. The van der Waals surface area contributed by atoms with Gasteiger partial charge in [0.1, 0.15) is 17.1 Å². The third-order valence-electron chi connectivity index (χ3n) is 3.66. The third kappa shape index (κ3) is 3.38. The van der Waals surface area contributed by atoms with E-state index in [4.69, 9.17) is 9.47 Å². The van der Waals surface area contributed by atoms with E-state index >= 15 is 0 Å². The van der Waals surface area contributed by atoms with Gasteiger partial charge < -0.3 is 9.47 Å². The molecule has 0 saturated carbocycles. The molecule has 5 nitrogen and oxygen atoms in total. The second-order valence-corrected chi connectivity index (χ2v) is 5.28. The van der Waals surface area contributed by atoms with E-state index in [0.717, 1.165) is 0 Å². The first-order valence-corrected chi connectivity index (χ1v) is 7.85. The number of hydrogen-bond donors (Lipinski definition) is 0. The predicted octanol–water partition coefficient (Wildman–Crippen LogP) is 3.94. The zero-order valence-corrected chi connectivity index (χ0v) is 13.9. The highest BCUT2D eigenvalue weighted by atomic mass is 19.1. The summed E-state index contributed by atoms with van der Waals surface area (Å²) in [5.74, 6) is -0.188. The van der Waals surface area contributed by atoms with Crippen molar-refractivity contribution in [2.24, 2.45) is 0 Å². The zero-order valence-electron chi connectivity index (χ0n) is 13.9. The normalized spacial score (nSPS) is 10.5. The van der Waals surface area contributed by atoms with Gasteiger partial charge >= 0.3 is 5.97 Å². The van der Waals surface area contributed by atoms with Crippen LogP contribution in [0.2, 0.25) is 0 Å². The second kappa shape index (κ2) is 7.17. The van der Waals surface area contributed by atoms with Crippen LogP contribution >= 0.6 is 0 Å². The highest BCUT2D eigenvalue weighted by Crippen LogP contribution is 2.28. The molecule has 0 aliphatic rings. The topological polar surface area (TPSA) is 53.4 Å². The molecule has 0 atom stereocenters. The minimum absolute atomic E-state index is 0.259. The molecule has 6 heteroatoms. The fraction of sp³-hybridized carbons (Fsp3) is 0.158. The number of hydrogen-bond acceptors (Lipinski definition) is 4. The van der Waals surface area contributed by atoms with Crippen molar-refractivity contribution in [2.45, 2.75) is 13.8 Å². The standard InChI is InChI=1S/C19H17FN2O3/c1-3-24-17-10-6-7-11-18(17)25-19(23)14-12-21-22(13(14)2)16-9-5-4-8-15(16)20/h4-12H,3H2,1-2H3. The van der Waals surface area contributed by atoms with Crippen LogP contribution in [0.15, 0.2) is 54.7 Å². The fourth-order valence-corrected chi connectivity index (χ4v) is 2.44. The molecule has 3 rings (SSSR count). The molecule has 0 fully saturated rings. The molecule has 0 amide bonds. The summed E-state index contributed by atoms with van der Waals surface area (Å²) in [5, 5.41) is 4.11. The van der Waals surface area contributed by atoms with Gasteiger partial charge in [0.05, 0.1) is 18.5 Å². The average Bonchev–Trinajstić information content (AvgIpc) is 2.99. The summed E-state index contributed by atoms with van der Waals surface area (Å²) >= 11 is 0. The van der Waals surface area contributed by atoms with Crippen molar-refractivity contribution in [3.8, 4) is 17.2 Å². The van der Waals surface area contributed by atoms with Gasteiger partial charge in [-0.25, -0.2) is 13.9 Å². The van der Waals surface area contributed by atoms with Crippen LogP contribution in [0.3, 0.4) is 0 Å². The molecule has 1 heterocycles. The van der Waals surface area contributed by atoms with Gasteiger partial charge in [0.2, 0.25) is 0 Å². The van der Waals surface area contributed by atoms with Crippen LogP contribution in [0, 0.1) is 12.7 Å². The van der Waals surface area contributed by atoms with Crippen LogP contribution in [-0.2, 0) is 0 Å². The van der Waals surface area contributed by atoms with Gasteiger partial charge in [0.25, 0.3) is 0 Å². The third-order valence-corrected chi connectivity index (χ3v) is 3.66. The number of aromatic nitrogens is 2. The Balaban J connectivity index is 1.89. The number of ether oxygens (including phenoxy) is 2. The van der Waals surface area contributed by atoms with E-state index in [1.165, 1.54) is 16.9 Å². The molecule has 25 heavy (non-hydrogen) atoms. The lowest BCUT2D eigenvalue weighted by atomic mass is 10.2. The molecule has 1 aromatic heterocycles. The Hall–Kier alpha value is -3.15. The van der Waals surface area contributed by atoms with Crippen molar-refractivity contribution in [3.63, 3.8) is 0 Å². The Bertz CT molecular complexity index is 905. The molecule has 0 bridgehead atoms. The SMILES string of the molecule is CCOc1ccccc1OC(=O)c1cnn(-c2ccccc2F)c1C. The lowest BCUT2D eigenvalue weighted by molar-refractivity contribution is 0.0727. The Morgan fingerprint density at radius 2 is 1.80 bits per heavy atom. The fourth-order valence-electron chi connectivity index (χ4n) is 2.44. The minimum atomic E-state index is -0.577. The number of nitrogens with zero attached hydrogens (tertiary/aromatic N) is 2. The first-order valence-electron chi connectivity index (χ1n) is 7.85. The van der Waals surface area contributed by atoms with Gasteiger partial charge in [-0.2, -0.15) is 5.10 Å². The number of halogens is 1. The maximum absolute atomic E-state index is 14.0. The van der Waals surface area contributed by atoms with E-state index in [9.17, 15) is 9.18 Å². The van der Waals surface area contributed by atoms with E-state index in [1.54, 1.807) is 49.4 Å². The maximum atomic E-state index is 14.0. The van der Waals surface area contributed by atoms with E-state index in [0.29, 0.717) is 23.8 Å². The molecule has 0 spiro atoms. The Kier molecular flexibility index (Phi) is 4.79. The van der Waals surface area contributed by atoms with Gasteiger partial charge in [-0.1, -0.05) is 24.3 Å². The summed E-state index contributed by atoms with van der Waals surface area (Å²) in [7, 11) is 0. The number of esters is 1. The van der Waals surface area contributed by atoms with Crippen molar-refractivity contribution >= 4 is 5.97 Å². The first kappa shape index (κ1) is 16.7. The molecule has 3 aromatic rings. The number of benzene rings is 2. The smallest absolute Gasteiger partial charge is 0.347 e. The van der Waals surface area contributed by atoms with Gasteiger partial charge in [0.15, 0.2) is 11.5 Å². The largest absolute Gasteiger partial charge is 0.490 e. The van der Waals surface area contributed by atoms with Gasteiger partial charge in [-0.15, -0.1) is 0 Å². The van der Waals surface area contributed by atoms with Crippen LogP contribution in [0.5, 0.6) is 11.5 Å². The van der Waals surface area contributed by atoms with Crippen LogP contribution < -0.4 is 9.47 Å². The van der Waals surface area contributed by atoms with Gasteiger partial charge in [-0.3, -0.25) is 0 Å². The van der Waals surface area contributed by atoms with E-state index in [1.807, 2.05) is 6.92 Å². The number of carbonyl (C=O) groups excluding carboxylic acids is 1. The number of rotatable bonds is 5. The zero-order chi connectivity index (χ0) is 17.8. The second-order valence-electron chi connectivity index (χ2n) is 5.28. The van der Waals surface area contributed by atoms with Crippen LogP contribution in [0.4, 0.5) is 4.39 Å². The molecule has 2 aromatic carbocycles. The predicted molar refractivity (Wildman–Crippen MR) is 90.8 cm³/mol. The summed E-state index contributed by atoms with van der Waals surface area (Å²) < 4.78 is 26.2. The van der Waals surface area contributed by atoms with Crippen molar-refractivity contribution in [2.75, 3.05) is 6.61 Å². The molecule has 0 radical (unpaired) electrons. The molecule has 0 aliphatic heterocycles. The summed E-state index contributed by atoms with van der Waals surface area (Å²) in [6, 6.07) is 13.2. The summed E-state index contributed by atoms with van der Waals surface area (Å²) in [4.78, 5) is 12.5. The molecular formula is C19H17FN2O3. The lowest BCUT2D eigenvalue weighted by Gasteiger charge is -2.10. The summed E-state index contributed by atoms with van der Waals surface area (Å²) in [5.41, 5.74) is 1.02. The molecule has 0 N–H and O–H groups in total. The Labute approximate surface area is 144 Å². The van der Waals surface area contributed by atoms with Crippen LogP contribution in [0.1, 0.15) is 23.0 Å².